The highest BCUT2D eigenvalue weighted by molar-refractivity contribution is 5.62. The van der Waals surface area contributed by atoms with E-state index in [9.17, 15) is 4.39 Å². The first-order valence-corrected chi connectivity index (χ1v) is 8.61. The number of aryl methyl sites for hydroxylation is 1. The summed E-state index contributed by atoms with van der Waals surface area (Å²) in [5.41, 5.74) is 2.83. The van der Waals surface area contributed by atoms with E-state index in [1.54, 1.807) is 25.3 Å². The van der Waals surface area contributed by atoms with Crippen LogP contribution in [0.3, 0.4) is 0 Å². The second kappa shape index (κ2) is 7.35. The number of rotatable bonds is 6. The molecule has 0 amide bonds. The first-order valence-electron chi connectivity index (χ1n) is 8.61. The number of aromatic nitrogens is 4. The molecule has 26 heavy (non-hydrogen) atoms. The Hall–Kier alpha value is -2.58. The van der Waals surface area contributed by atoms with Crippen LogP contribution in [0.15, 0.2) is 35.0 Å². The molecule has 0 saturated carbocycles. The SMILES string of the molecule is Cc1noc([C@H]2OCC[C@H]2CNCc2cn[nH]c2-c2ccc(F)cc2)n1. The highest BCUT2D eigenvalue weighted by Gasteiger charge is 2.33. The fourth-order valence-corrected chi connectivity index (χ4v) is 3.25. The second-order valence-electron chi connectivity index (χ2n) is 6.43. The average Bonchev–Trinajstić information content (AvgIpc) is 3.36. The van der Waals surface area contributed by atoms with Crippen molar-refractivity contribution in [2.24, 2.45) is 5.92 Å². The zero-order chi connectivity index (χ0) is 17.9. The standard InChI is InChI=1S/C18H20FN5O2/c1-11-22-18(26-24-11)17-13(6-7-25-17)8-20-9-14-10-21-23-16(14)12-2-4-15(19)5-3-12/h2-5,10,13,17,20H,6-9H2,1H3,(H,21,23)/t13-,17-/m0/s1. The third-order valence-electron chi connectivity index (χ3n) is 4.57. The van der Waals surface area contributed by atoms with Crippen LogP contribution in [-0.2, 0) is 11.3 Å². The summed E-state index contributed by atoms with van der Waals surface area (Å²) in [6.45, 7) is 3.89. The zero-order valence-corrected chi connectivity index (χ0v) is 14.4. The molecule has 4 rings (SSSR count). The topological polar surface area (TPSA) is 88.9 Å². The molecule has 2 atom stereocenters. The van der Waals surface area contributed by atoms with Gasteiger partial charge >= 0.3 is 0 Å². The molecule has 7 nitrogen and oxygen atoms in total. The number of ether oxygens (including phenoxy) is 1. The van der Waals surface area contributed by atoms with Crippen LogP contribution in [0.2, 0.25) is 0 Å². The number of H-pyrrole nitrogens is 1. The maximum atomic E-state index is 13.1. The normalized spacial score (nSPS) is 19.9. The largest absolute Gasteiger partial charge is 0.368 e. The van der Waals surface area contributed by atoms with Crippen LogP contribution in [0.25, 0.3) is 11.3 Å². The maximum Gasteiger partial charge on any atom is 0.256 e. The molecule has 1 aliphatic rings. The van der Waals surface area contributed by atoms with Gasteiger partial charge in [-0.1, -0.05) is 5.16 Å². The molecule has 1 fully saturated rings. The fraction of sp³-hybridized carbons (Fsp3) is 0.389. The minimum Gasteiger partial charge on any atom is -0.368 e. The summed E-state index contributed by atoms with van der Waals surface area (Å²) < 4.78 is 24.1. The summed E-state index contributed by atoms with van der Waals surface area (Å²) in [6, 6.07) is 6.37. The Morgan fingerprint density at radius 1 is 1.31 bits per heavy atom. The Balaban J connectivity index is 1.38. The van der Waals surface area contributed by atoms with E-state index in [0.29, 0.717) is 24.9 Å². The molecular formula is C18H20FN5O2. The molecule has 1 aromatic carbocycles. The lowest BCUT2D eigenvalue weighted by atomic mass is 10.0. The molecular weight excluding hydrogens is 337 g/mol. The lowest BCUT2D eigenvalue weighted by molar-refractivity contribution is 0.0623. The van der Waals surface area contributed by atoms with E-state index in [2.05, 4.69) is 25.7 Å². The molecule has 136 valence electrons. The zero-order valence-electron chi connectivity index (χ0n) is 14.4. The van der Waals surface area contributed by atoms with E-state index in [1.165, 1.54) is 12.1 Å². The monoisotopic (exact) mass is 357 g/mol. The predicted octanol–water partition coefficient (Wildman–Crippen LogP) is 2.77. The Kier molecular flexibility index (Phi) is 4.77. The highest BCUT2D eigenvalue weighted by atomic mass is 19.1. The van der Waals surface area contributed by atoms with E-state index in [-0.39, 0.29) is 17.8 Å². The number of aromatic amines is 1. The Labute approximate surface area is 150 Å². The summed E-state index contributed by atoms with van der Waals surface area (Å²) in [4.78, 5) is 4.29. The van der Waals surface area contributed by atoms with Crippen molar-refractivity contribution in [3.8, 4) is 11.3 Å². The van der Waals surface area contributed by atoms with Gasteiger partial charge in [-0.3, -0.25) is 5.10 Å². The van der Waals surface area contributed by atoms with Gasteiger partial charge in [0.25, 0.3) is 5.89 Å². The third kappa shape index (κ3) is 3.51. The van der Waals surface area contributed by atoms with Crippen molar-refractivity contribution in [2.45, 2.75) is 26.0 Å². The first kappa shape index (κ1) is 16.9. The molecule has 2 N–H and O–H groups in total. The molecule has 0 spiro atoms. The number of halogens is 1. The minimum atomic E-state index is -0.253. The molecule has 3 aromatic rings. The van der Waals surface area contributed by atoms with Crippen molar-refractivity contribution in [2.75, 3.05) is 13.2 Å². The molecule has 0 bridgehead atoms. The molecule has 1 aliphatic heterocycles. The van der Waals surface area contributed by atoms with Crippen LogP contribution in [0.5, 0.6) is 0 Å². The summed E-state index contributed by atoms with van der Waals surface area (Å²) in [5, 5.41) is 14.4. The van der Waals surface area contributed by atoms with Gasteiger partial charge in [0.1, 0.15) is 11.9 Å². The smallest absolute Gasteiger partial charge is 0.256 e. The number of hydrogen-bond acceptors (Lipinski definition) is 6. The number of nitrogens with zero attached hydrogens (tertiary/aromatic N) is 3. The lowest BCUT2D eigenvalue weighted by Gasteiger charge is -2.15. The first-order chi connectivity index (χ1) is 12.7. The third-order valence-corrected chi connectivity index (χ3v) is 4.57. The van der Waals surface area contributed by atoms with Crippen LogP contribution >= 0.6 is 0 Å². The van der Waals surface area contributed by atoms with Crippen LogP contribution in [0.4, 0.5) is 4.39 Å². The van der Waals surface area contributed by atoms with Gasteiger partial charge in [0.05, 0.1) is 11.9 Å². The molecule has 2 aromatic heterocycles. The Morgan fingerprint density at radius 2 is 2.15 bits per heavy atom. The predicted molar refractivity (Wildman–Crippen MR) is 91.5 cm³/mol. The summed E-state index contributed by atoms with van der Waals surface area (Å²) in [5.74, 6) is 1.18. The van der Waals surface area contributed by atoms with Crippen LogP contribution in [0.1, 0.15) is 29.8 Å². The van der Waals surface area contributed by atoms with Gasteiger partial charge in [-0.2, -0.15) is 10.1 Å². The summed E-state index contributed by atoms with van der Waals surface area (Å²) >= 11 is 0. The van der Waals surface area contributed by atoms with E-state index in [4.69, 9.17) is 9.26 Å². The highest BCUT2D eigenvalue weighted by Crippen LogP contribution is 2.33. The molecule has 1 saturated heterocycles. The van der Waals surface area contributed by atoms with Gasteiger partial charge in [-0.15, -0.1) is 0 Å². The average molecular weight is 357 g/mol. The van der Waals surface area contributed by atoms with Gasteiger partial charge in [0.2, 0.25) is 0 Å². The Morgan fingerprint density at radius 3 is 2.92 bits per heavy atom. The Bertz CT molecular complexity index is 861. The fourth-order valence-electron chi connectivity index (χ4n) is 3.25. The quantitative estimate of drug-likeness (QED) is 0.705. The number of hydrogen-bond donors (Lipinski definition) is 2. The molecule has 0 aliphatic carbocycles. The molecule has 8 heteroatoms. The summed E-state index contributed by atoms with van der Waals surface area (Å²) in [6.07, 6.45) is 2.56. The molecule has 3 heterocycles. The van der Waals surface area contributed by atoms with Gasteiger partial charge < -0.3 is 14.6 Å². The maximum absolute atomic E-state index is 13.1. The van der Waals surface area contributed by atoms with Crippen molar-refractivity contribution in [3.63, 3.8) is 0 Å². The van der Waals surface area contributed by atoms with Gasteiger partial charge in [0, 0.05) is 36.7 Å². The number of benzene rings is 1. The van der Waals surface area contributed by atoms with Crippen LogP contribution in [0, 0.1) is 18.7 Å². The second-order valence-corrected chi connectivity index (χ2v) is 6.43. The van der Waals surface area contributed by atoms with Gasteiger partial charge in [-0.05, 0) is 37.6 Å². The minimum absolute atomic E-state index is 0.162. The van der Waals surface area contributed by atoms with Crippen LogP contribution < -0.4 is 5.32 Å². The van der Waals surface area contributed by atoms with E-state index in [0.717, 1.165) is 29.8 Å². The van der Waals surface area contributed by atoms with Crippen molar-refractivity contribution in [1.29, 1.82) is 0 Å². The van der Waals surface area contributed by atoms with E-state index in [1.807, 2.05) is 0 Å². The van der Waals surface area contributed by atoms with Crippen LogP contribution in [-0.4, -0.2) is 33.5 Å². The van der Waals surface area contributed by atoms with Crippen molar-refractivity contribution >= 4 is 0 Å². The van der Waals surface area contributed by atoms with Gasteiger partial charge in [0.15, 0.2) is 5.82 Å². The summed E-state index contributed by atoms with van der Waals surface area (Å²) in [7, 11) is 0. The molecule has 0 unspecified atom stereocenters. The van der Waals surface area contributed by atoms with E-state index < -0.39 is 0 Å². The van der Waals surface area contributed by atoms with Crippen molar-refractivity contribution in [3.05, 3.63) is 53.6 Å². The van der Waals surface area contributed by atoms with E-state index >= 15 is 0 Å². The van der Waals surface area contributed by atoms with Gasteiger partial charge in [-0.25, -0.2) is 4.39 Å². The molecule has 0 radical (unpaired) electrons. The van der Waals surface area contributed by atoms with Crippen molar-refractivity contribution in [1.82, 2.24) is 25.7 Å². The van der Waals surface area contributed by atoms with Crippen molar-refractivity contribution < 1.29 is 13.7 Å². The lowest BCUT2D eigenvalue weighted by Crippen LogP contribution is -2.24. The number of nitrogens with one attached hydrogen (secondary N) is 2.